The van der Waals surface area contributed by atoms with Crippen LogP contribution in [0.5, 0.6) is 0 Å². The molecule has 2 amide bonds. The highest BCUT2D eigenvalue weighted by Crippen LogP contribution is 2.39. The van der Waals surface area contributed by atoms with Gasteiger partial charge in [-0.15, -0.1) is 0 Å². The Bertz CT molecular complexity index is 1090. The molecule has 0 spiro atoms. The monoisotopic (exact) mass is 400 g/mol. The number of rotatable bonds is 4. The molecular formula is C24H20N2O2S. The van der Waals surface area contributed by atoms with Gasteiger partial charge >= 0.3 is 0 Å². The lowest BCUT2D eigenvalue weighted by atomic mass is 10.1. The smallest absolute Gasteiger partial charge is 0.262 e. The van der Waals surface area contributed by atoms with E-state index in [0.717, 1.165) is 16.0 Å². The SMILES string of the molecule is Cc1ccc(CNC(=O)c2ccc3c(c2)NC(=O)/C(=C/c2ccccc2)S3)cc1. The van der Waals surface area contributed by atoms with Crippen LogP contribution in [0.2, 0.25) is 0 Å². The number of anilines is 1. The molecule has 4 rings (SSSR count). The normalized spacial score (nSPS) is 14.2. The van der Waals surface area contributed by atoms with Crippen molar-refractivity contribution in [3.8, 4) is 0 Å². The number of fused-ring (bicyclic) bond motifs is 1. The van der Waals surface area contributed by atoms with Gasteiger partial charge in [-0.1, -0.05) is 71.9 Å². The quantitative estimate of drug-likeness (QED) is 0.605. The maximum atomic E-state index is 12.5. The second-order valence-corrected chi connectivity index (χ2v) is 7.94. The van der Waals surface area contributed by atoms with Crippen molar-refractivity contribution >= 4 is 35.3 Å². The summed E-state index contributed by atoms with van der Waals surface area (Å²) >= 11 is 1.41. The molecule has 3 aromatic carbocycles. The summed E-state index contributed by atoms with van der Waals surface area (Å²) in [5.41, 5.74) is 4.38. The molecule has 0 atom stereocenters. The van der Waals surface area contributed by atoms with Gasteiger partial charge < -0.3 is 10.6 Å². The third-order valence-electron chi connectivity index (χ3n) is 4.60. The Morgan fingerprint density at radius 1 is 1.03 bits per heavy atom. The van der Waals surface area contributed by atoms with E-state index in [1.54, 1.807) is 12.1 Å². The van der Waals surface area contributed by atoms with Gasteiger partial charge in [-0.05, 0) is 42.3 Å². The summed E-state index contributed by atoms with van der Waals surface area (Å²) < 4.78 is 0. The molecule has 29 heavy (non-hydrogen) atoms. The van der Waals surface area contributed by atoms with Gasteiger partial charge in [0.15, 0.2) is 0 Å². The van der Waals surface area contributed by atoms with Crippen LogP contribution in [0.4, 0.5) is 5.69 Å². The Balaban J connectivity index is 1.47. The highest BCUT2D eigenvalue weighted by Gasteiger charge is 2.22. The van der Waals surface area contributed by atoms with Crippen molar-refractivity contribution in [3.05, 3.63) is 100.0 Å². The van der Waals surface area contributed by atoms with Crippen molar-refractivity contribution in [1.82, 2.24) is 5.32 Å². The Morgan fingerprint density at radius 2 is 1.79 bits per heavy atom. The minimum absolute atomic E-state index is 0.163. The van der Waals surface area contributed by atoms with Gasteiger partial charge in [-0.2, -0.15) is 0 Å². The van der Waals surface area contributed by atoms with Crippen LogP contribution in [0.3, 0.4) is 0 Å². The van der Waals surface area contributed by atoms with Crippen molar-refractivity contribution in [1.29, 1.82) is 0 Å². The first-order valence-corrected chi connectivity index (χ1v) is 10.1. The fourth-order valence-electron chi connectivity index (χ4n) is 2.99. The molecule has 0 aromatic heterocycles. The molecule has 0 bridgehead atoms. The summed E-state index contributed by atoms with van der Waals surface area (Å²) in [7, 11) is 0. The van der Waals surface area contributed by atoms with Crippen LogP contribution >= 0.6 is 11.8 Å². The van der Waals surface area contributed by atoms with Crippen molar-refractivity contribution in [2.75, 3.05) is 5.32 Å². The number of hydrogen-bond donors (Lipinski definition) is 2. The Kier molecular flexibility index (Phi) is 5.49. The number of amides is 2. The van der Waals surface area contributed by atoms with E-state index in [0.29, 0.717) is 22.7 Å². The number of hydrogen-bond acceptors (Lipinski definition) is 3. The lowest BCUT2D eigenvalue weighted by molar-refractivity contribution is -0.112. The molecule has 144 valence electrons. The molecule has 1 aliphatic rings. The Labute approximate surface area is 174 Å². The maximum Gasteiger partial charge on any atom is 0.262 e. The van der Waals surface area contributed by atoms with Crippen LogP contribution in [0, 0.1) is 6.92 Å². The van der Waals surface area contributed by atoms with E-state index in [1.165, 1.54) is 17.3 Å². The van der Waals surface area contributed by atoms with Crippen LogP contribution in [0.15, 0.2) is 82.6 Å². The van der Waals surface area contributed by atoms with E-state index in [1.807, 2.05) is 73.7 Å². The second-order valence-electron chi connectivity index (χ2n) is 6.85. The summed E-state index contributed by atoms with van der Waals surface area (Å²) in [6.45, 7) is 2.49. The third kappa shape index (κ3) is 4.58. The predicted molar refractivity (Wildman–Crippen MR) is 118 cm³/mol. The number of nitrogens with one attached hydrogen (secondary N) is 2. The molecule has 1 heterocycles. The zero-order valence-electron chi connectivity index (χ0n) is 15.9. The van der Waals surface area contributed by atoms with Crippen molar-refractivity contribution in [2.24, 2.45) is 0 Å². The van der Waals surface area contributed by atoms with Gasteiger partial charge in [-0.3, -0.25) is 9.59 Å². The first-order chi connectivity index (χ1) is 14.1. The Morgan fingerprint density at radius 3 is 2.55 bits per heavy atom. The molecule has 3 aromatic rings. The lowest BCUT2D eigenvalue weighted by Gasteiger charge is -2.19. The first kappa shape index (κ1) is 19.0. The summed E-state index contributed by atoms with van der Waals surface area (Å²) in [6, 6.07) is 23.2. The third-order valence-corrected chi connectivity index (χ3v) is 5.70. The topological polar surface area (TPSA) is 58.2 Å². The fraction of sp³-hybridized carbons (Fsp3) is 0.0833. The summed E-state index contributed by atoms with van der Waals surface area (Å²) in [5.74, 6) is -0.332. The molecule has 4 nitrogen and oxygen atoms in total. The second kappa shape index (κ2) is 8.37. The molecule has 2 N–H and O–H groups in total. The number of thioether (sulfide) groups is 1. The molecule has 0 fully saturated rings. The fourth-order valence-corrected chi connectivity index (χ4v) is 3.92. The summed E-state index contributed by atoms with van der Waals surface area (Å²) in [4.78, 5) is 26.5. The van der Waals surface area contributed by atoms with Gasteiger partial charge in [0, 0.05) is 17.0 Å². The molecule has 0 unspecified atom stereocenters. The average Bonchev–Trinajstić information content (AvgIpc) is 2.74. The minimum Gasteiger partial charge on any atom is -0.348 e. The van der Waals surface area contributed by atoms with Gasteiger partial charge in [0.25, 0.3) is 11.8 Å². The Hall–Kier alpha value is -3.31. The molecule has 1 aliphatic heterocycles. The highest BCUT2D eigenvalue weighted by atomic mass is 32.2. The molecule has 0 saturated heterocycles. The van der Waals surface area contributed by atoms with E-state index >= 15 is 0 Å². The first-order valence-electron chi connectivity index (χ1n) is 9.32. The van der Waals surface area contributed by atoms with Crippen LogP contribution in [0.25, 0.3) is 6.08 Å². The van der Waals surface area contributed by atoms with Gasteiger partial charge in [-0.25, -0.2) is 0 Å². The number of carbonyl (C=O) groups excluding carboxylic acids is 2. The molecular weight excluding hydrogens is 380 g/mol. The zero-order chi connectivity index (χ0) is 20.2. The molecule has 0 radical (unpaired) electrons. The average molecular weight is 401 g/mol. The number of benzene rings is 3. The van der Waals surface area contributed by atoms with E-state index in [9.17, 15) is 9.59 Å². The van der Waals surface area contributed by atoms with E-state index in [-0.39, 0.29) is 11.8 Å². The van der Waals surface area contributed by atoms with Gasteiger partial charge in [0.1, 0.15) is 0 Å². The van der Waals surface area contributed by atoms with Crippen molar-refractivity contribution in [2.45, 2.75) is 18.4 Å². The highest BCUT2D eigenvalue weighted by molar-refractivity contribution is 8.04. The largest absolute Gasteiger partial charge is 0.348 e. The molecule has 0 aliphatic carbocycles. The van der Waals surface area contributed by atoms with Crippen LogP contribution in [0.1, 0.15) is 27.0 Å². The standard InChI is InChI=1S/C24H20N2O2S/c1-16-7-9-18(10-8-16)15-25-23(27)19-11-12-21-20(14-19)26-24(28)22(29-21)13-17-5-3-2-4-6-17/h2-14H,15H2,1H3,(H,25,27)(H,26,28)/b22-13-. The maximum absolute atomic E-state index is 12.5. The summed E-state index contributed by atoms with van der Waals surface area (Å²) in [6.07, 6.45) is 1.87. The number of aryl methyl sites for hydroxylation is 1. The molecule has 5 heteroatoms. The van der Waals surface area contributed by atoms with E-state index in [4.69, 9.17) is 0 Å². The van der Waals surface area contributed by atoms with Crippen LogP contribution in [-0.2, 0) is 11.3 Å². The van der Waals surface area contributed by atoms with E-state index < -0.39 is 0 Å². The van der Waals surface area contributed by atoms with Gasteiger partial charge in [0.05, 0.1) is 10.6 Å². The lowest BCUT2D eigenvalue weighted by Crippen LogP contribution is -2.23. The molecule has 0 saturated carbocycles. The van der Waals surface area contributed by atoms with Gasteiger partial charge in [0.2, 0.25) is 0 Å². The van der Waals surface area contributed by atoms with Crippen LogP contribution < -0.4 is 10.6 Å². The minimum atomic E-state index is -0.168. The van der Waals surface area contributed by atoms with Crippen molar-refractivity contribution < 1.29 is 9.59 Å². The van der Waals surface area contributed by atoms with Crippen molar-refractivity contribution in [3.63, 3.8) is 0 Å². The summed E-state index contributed by atoms with van der Waals surface area (Å²) in [5, 5.41) is 5.82. The van der Waals surface area contributed by atoms with E-state index in [2.05, 4.69) is 10.6 Å². The predicted octanol–water partition coefficient (Wildman–Crippen LogP) is 5.01. The van der Waals surface area contributed by atoms with Crippen LogP contribution in [-0.4, -0.2) is 11.8 Å². The number of carbonyl (C=O) groups is 2. The zero-order valence-corrected chi connectivity index (χ0v) is 16.8.